The molecule has 4 aromatic rings. The number of methoxy groups -OCH3 is 2. The van der Waals surface area contributed by atoms with E-state index in [9.17, 15) is 14.0 Å². The van der Waals surface area contributed by atoms with Crippen LogP contribution in [0, 0.1) is 5.82 Å². The molecule has 1 aliphatic carbocycles. The van der Waals surface area contributed by atoms with E-state index in [1.54, 1.807) is 47.0 Å². The molecular formula is C30H32FN5O4. The summed E-state index contributed by atoms with van der Waals surface area (Å²) in [6, 6.07) is 18.6. The topological polar surface area (TPSA) is 98.6 Å². The minimum absolute atomic E-state index is 0.0946. The number of hydrogen-bond acceptors (Lipinski definition) is 6. The van der Waals surface area contributed by atoms with Crippen LogP contribution in [-0.4, -0.2) is 51.5 Å². The third-order valence-corrected chi connectivity index (χ3v) is 7.54. The summed E-state index contributed by atoms with van der Waals surface area (Å²) in [4.78, 5) is 30.0. The lowest BCUT2D eigenvalue weighted by atomic mass is 9.78. The number of nitrogens with zero attached hydrogens (tertiary/aromatic N) is 4. The second-order valence-electron chi connectivity index (χ2n) is 9.95. The standard InChI is InChI=1S/C30H32FN5O4/c1-39-23-14-15-25(27(18-23)40-2)32-29(38)30(16-6-3-7-17-30)35(19-21-10-12-22(31)13-11-21)28(37)20-36-26-9-5-4-8-24(26)33-34-36/h4-5,8-15,18H,3,6-7,16-17,19-20H2,1-2H3,(H,32,38). The Morgan fingerprint density at radius 1 is 1.00 bits per heavy atom. The first-order chi connectivity index (χ1) is 19.4. The van der Waals surface area contributed by atoms with E-state index >= 15 is 0 Å². The third-order valence-electron chi connectivity index (χ3n) is 7.54. The number of anilines is 1. The van der Waals surface area contributed by atoms with Gasteiger partial charge in [0.15, 0.2) is 0 Å². The van der Waals surface area contributed by atoms with Crippen LogP contribution >= 0.6 is 0 Å². The number of nitrogens with one attached hydrogen (secondary N) is 1. The quantitative estimate of drug-likeness (QED) is 0.319. The lowest BCUT2D eigenvalue weighted by Gasteiger charge is -2.45. The Labute approximate surface area is 231 Å². The van der Waals surface area contributed by atoms with Crippen molar-refractivity contribution in [2.24, 2.45) is 0 Å². The minimum atomic E-state index is -1.13. The first-order valence-corrected chi connectivity index (χ1v) is 13.3. The number of amides is 2. The Morgan fingerprint density at radius 3 is 2.48 bits per heavy atom. The highest BCUT2D eigenvalue weighted by molar-refractivity contribution is 6.01. The van der Waals surface area contributed by atoms with Crippen LogP contribution < -0.4 is 14.8 Å². The van der Waals surface area contributed by atoms with Crippen molar-refractivity contribution in [2.75, 3.05) is 19.5 Å². The van der Waals surface area contributed by atoms with Crippen molar-refractivity contribution in [3.05, 3.63) is 78.1 Å². The van der Waals surface area contributed by atoms with E-state index < -0.39 is 5.54 Å². The number of rotatable bonds is 9. The fraction of sp³-hybridized carbons (Fsp3) is 0.333. The van der Waals surface area contributed by atoms with E-state index in [1.165, 1.54) is 19.2 Å². The van der Waals surface area contributed by atoms with Crippen molar-refractivity contribution in [3.63, 3.8) is 0 Å². The summed E-state index contributed by atoms with van der Waals surface area (Å²) in [5.41, 5.74) is 1.47. The molecule has 1 saturated carbocycles. The van der Waals surface area contributed by atoms with Crippen LogP contribution in [-0.2, 0) is 22.7 Å². The van der Waals surface area contributed by atoms with Gasteiger partial charge in [0.05, 0.1) is 25.4 Å². The summed E-state index contributed by atoms with van der Waals surface area (Å²) in [5.74, 6) is 0.0975. The van der Waals surface area contributed by atoms with Gasteiger partial charge < -0.3 is 19.7 Å². The average Bonchev–Trinajstić information content (AvgIpc) is 3.39. The second kappa shape index (κ2) is 11.7. The van der Waals surface area contributed by atoms with E-state index in [0.29, 0.717) is 35.5 Å². The van der Waals surface area contributed by atoms with Crippen molar-refractivity contribution < 1.29 is 23.5 Å². The van der Waals surface area contributed by atoms with E-state index in [2.05, 4.69) is 15.6 Å². The predicted octanol–water partition coefficient (Wildman–Crippen LogP) is 4.96. The zero-order valence-corrected chi connectivity index (χ0v) is 22.6. The number of carbonyl (C=O) groups excluding carboxylic acids is 2. The molecule has 10 heteroatoms. The highest BCUT2D eigenvalue weighted by atomic mass is 19.1. The zero-order valence-electron chi connectivity index (χ0n) is 22.6. The van der Waals surface area contributed by atoms with Crippen molar-refractivity contribution >= 4 is 28.5 Å². The van der Waals surface area contributed by atoms with Gasteiger partial charge in [0.25, 0.3) is 0 Å². The number of fused-ring (bicyclic) bond motifs is 1. The Bertz CT molecular complexity index is 1500. The first kappa shape index (κ1) is 27.1. The maximum Gasteiger partial charge on any atom is 0.250 e. The van der Waals surface area contributed by atoms with E-state index in [4.69, 9.17) is 9.47 Å². The van der Waals surface area contributed by atoms with Crippen LogP contribution in [0.4, 0.5) is 10.1 Å². The van der Waals surface area contributed by atoms with Crippen molar-refractivity contribution in [3.8, 4) is 11.5 Å². The summed E-state index contributed by atoms with van der Waals surface area (Å²) in [6.07, 6.45) is 3.51. The second-order valence-corrected chi connectivity index (χ2v) is 9.95. The highest BCUT2D eigenvalue weighted by Crippen LogP contribution is 2.38. The normalized spacial score (nSPS) is 14.5. The SMILES string of the molecule is COc1ccc(NC(=O)C2(N(Cc3ccc(F)cc3)C(=O)Cn3nnc4ccccc43)CCCCC2)c(OC)c1. The summed E-state index contributed by atoms with van der Waals surface area (Å²) in [5, 5.41) is 11.4. The van der Waals surface area contributed by atoms with Crippen LogP contribution in [0.2, 0.25) is 0 Å². The van der Waals surface area contributed by atoms with E-state index in [1.807, 2.05) is 24.3 Å². The summed E-state index contributed by atoms with van der Waals surface area (Å²) in [7, 11) is 3.08. The van der Waals surface area contributed by atoms with Crippen LogP contribution in [0.3, 0.4) is 0 Å². The molecule has 1 N–H and O–H groups in total. The molecule has 1 heterocycles. The molecule has 0 saturated heterocycles. The molecule has 208 valence electrons. The van der Waals surface area contributed by atoms with Crippen molar-refractivity contribution in [1.29, 1.82) is 0 Å². The van der Waals surface area contributed by atoms with E-state index in [0.717, 1.165) is 30.3 Å². The lowest BCUT2D eigenvalue weighted by Crippen LogP contribution is -2.60. The lowest BCUT2D eigenvalue weighted by molar-refractivity contribution is -0.149. The van der Waals surface area contributed by atoms with Gasteiger partial charge in [0, 0.05) is 12.6 Å². The molecule has 1 aromatic heterocycles. The molecule has 0 radical (unpaired) electrons. The molecule has 40 heavy (non-hydrogen) atoms. The third kappa shape index (κ3) is 5.47. The van der Waals surface area contributed by atoms with Gasteiger partial charge in [0.2, 0.25) is 11.8 Å². The fourth-order valence-electron chi connectivity index (χ4n) is 5.39. The fourth-order valence-corrected chi connectivity index (χ4v) is 5.39. The molecule has 1 aliphatic rings. The van der Waals surface area contributed by atoms with E-state index in [-0.39, 0.29) is 30.7 Å². The Kier molecular flexibility index (Phi) is 7.95. The smallest absolute Gasteiger partial charge is 0.250 e. The van der Waals surface area contributed by atoms with Gasteiger partial charge in [-0.05, 0) is 54.8 Å². The van der Waals surface area contributed by atoms with Gasteiger partial charge >= 0.3 is 0 Å². The van der Waals surface area contributed by atoms with Crippen LogP contribution in [0.1, 0.15) is 37.7 Å². The van der Waals surface area contributed by atoms with Crippen LogP contribution in [0.5, 0.6) is 11.5 Å². The van der Waals surface area contributed by atoms with Crippen molar-refractivity contribution in [1.82, 2.24) is 19.9 Å². The van der Waals surface area contributed by atoms with Crippen LogP contribution in [0.25, 0.3) is 11.0 Å². The maximum absolute atomic E-state index is 14.2. The molecule has 0 aliphatic heterocycles. The Morgan fingerprint density at radius 2 is 1.75 bits per heavy atom. The molecule has 0 atom stereocenters. The maximum atomic E-state index is 14.2. The first-order valence-electron chi connectivity index (χ1n) is 13.3. The molecule has 2 amide bonds. The zero-order chi connectivity index (χ0) is 28.1. The van der Waals surface area contributed by atoms with Gasteiger partial charge in [-0.3, -0.25) is 9.59 Å². The molecule has 0 bridgehead atoms. The van der Waals surface area contributed by atoms with Gasteiger partial charge in [-0.2, -0.15) is 0 Å². The number of halogens is 1. The number of aromatic nitrogens is 3. The largest absolute Gasteiger partial charge is 0.497 e. The summed E-state index contributed by atoms with van der Waals surface area (Å²) < 4.78 is 26.1. The number of para-hydroxylation sites is 1. The predicted molar refractivity (Wildman–Crippen MR) is 148 cm³/mol. The summed E-state index contributed by atoms with van der Waals surface area (Å²) >= 11 is 0. The van der Waals surface area contributed by atoms with Crippen molar-refractivity contribution in [2.45, 2.75) is 50.7 Å². The average molecular weight is 546 g/mol. The molecule has 0 unspecified atom stereocenters. The Balaban J connectivity index is 1.52. The highest BCUT2D eigenvalue weighted by Gasteiger charge is 2.47. The van der Waals surface area contributed by atoms with Gasteiger partial charge in [0.1, 0.15) is 34.9 Å². The minimum Gasteiger partial charge on any atom is -0.497 e. The molecule has 9 nitrogen and oxygen atoms in total. The van der Waals surface area contributed by atoms with Gasteiger partial charge in [-0.15, -0.1) is 5.10 Å². The molecular weight excluding hydrogens is 513 g/mol. The number of ether oxygens (including phenoxy) is 2. The van der Waals surface area contributed by atoms with Crippen LogP contribution in [0.15, 0.2) is 66.7 Å². The molecule has 5 rings (SSSR count). The number of benzene rings is 3. The van der Waals surface area contributed by atoms with Gasteiger partial charge in [-0.25, -0.2) is 9.07 Å². The molecule has 1 fully saturated rings. The number of carbonyl (C=O) groups is 2. The molecule has 0 spiro atoms. The Hall–Kier alpha value is -4.47. The molecule has 3 aromatic carbocycles. The summed E-state index contributed by atoms with van der Waals surface area (Å²) in [6.45, 7) is 0.0432. The number of hydrogen-bond donors (Lipinski definition) is 1. The van der Waals surface area contributed by atoms with Gasteiger partial charge in [-0.1, -0.05) is 48.7 Å². The monoisotopic (exact) mass is 545 g/mol.